The molecule has 0 radical (unpaired) electrons. The summed E-state index contributed by atoms with van der Waals surface area (Å²) in [5.74, 6) is 0.0607. The van der Waals surface area contributed by atoms with Crippen LogP contribution >= 0.6 is 11.6 Å². The summed E-state index contributed by atoms with van der Waals surface area (Å²) in [5, 5.41) is 4.33. The minimum absolute atomic E-state index is 0.0607. The predicted molar refractivity (Wildman–Crippen MR) is 133 cm³/mol. The minimum atomic E-state index is -0.407. The van der Waals surface area contributed by atoms with E-state index in [0.29, 0.717) is 24.7 Å². The molecule has 0 saturated heterocycles. The topological polar surface area (TPSA) is 51.2 Å². The lowest BCUT2D eigenvalue weighted by atomic mass is 9.98. The number of benzene rings is 3. The van der Waals surface area contributed by atoms with Crippen LogP contribution in [0.15, 0.2) is 84.9 Å². The highest BCUT2D eigenvalue weighted by Gasteiger charge is 2.28. The van der Waals surface area contributed by atoms with Gasteiger partial charge in [0.15, 0.2) is 0 Å². The van der Waals surface area contributed by atoms with Crippen LogP contribution in [0.4, 0.5) is 4.79 Å². The summed E-state index contributed by atoms with van der Waals surface area (Å²) in [4.78, 5) is 16.7. The van der Waals surface area contributed by atoms with Crippen LogP contribution in [-0.4, -0.2) is 24.2 Å². The summed E-state index contributed by atoms with van der Waals surface area (Å²) in [6.07, 6.45) is 4.16. The first kappa shape index (κ1) is 21.2. The standard InChI is InChI=1S/C28H23ClN2O2/c29-27-20(17-19-9-1-6-15-26(19)31-27)10-7-8-16-30-28(32)33-18-25-23-13-4-2-11-21(23)22-12-3-5-14-24(22)25/h1-7,9-15,17,25H,8,16,18H2,(H,30,32). The van der Waals surface area contributed by atoms with Gasteiger partial charge in [0, 0.05) is 23.4 Å². The highest BCUT2D eigenvalue weighted by Crippen LogP contribution is 2.44. The molecule has 0 aliphatic heterocycles. The van der Waals surface area contributed by atoms with Gasteiger partial charge in [0.2, 0.25) is 0 Å². The number of amides is 1. The molecule has 0 unspecified atom stereocenters. The van der Waals surface area contributed by atoms with Gasteiger partial charge in [-0.25, -0.2) is 9.78 Å². The van der Waals surface area contributed by atoms with E-state index in [-0.39, 0.29) is 5.92 Å². The van der Waals surface area contributed by atoms with Crippen LogP contribution in [0.25, 0.3) is 28.1 Å². The predicted octanol–water partition coefficient (Wildman–Crippen LogP) is 6.83. The smallest absolute Gasteiger partial charge is 0.407 e. The van der Waals surface area contributed by atoms with Crippen molar-refractivity contribution in [3.05, 3.63) is 107 Å². The van der Waals surface area contributed by atoms with Crippen molar-refractivity contribution in [3.63, 3.8) is 0 Å². The Morgan fingerprint density at radius 2 is 1.64 bits per heavy atom. The van der Waals surface area contributed by atoms with Crippen LogP contribution in [0.1, 0.15) is 29.0 Å². The van der Waals surface area contributed by atoms with Gasteiger partial charge in [0.1, 0.15) is 11.8 Å². The first-order valence-electron chi connectivity index (χ1n) is 11.0. The van der Waals surface area contributed by atoms with Gasteiger partial charge in [-0.2, -0.15) is 0 Å². The molecule has 5 heteroatoms. The number of carbonyl (C=O) groups excluding carboxylic acids is 1. The van der Waals surface area contributed by atoms with Gasteiger partial charge in [-0.05, 0) is 40.8 Å². The van der Waals surface area contributed by atoms with Crippen molar-refractivity contribution in [1.82, 2.24) is 10.3 Å². The van der Waals surface area contributed by atoms with E-state index in [1.54, 1.807) is 0 Å². The molecular formula is C28H23ClN2O2. The van der Waals surface area contributed by atoms with E-state index in [1.807, 2.05) is 66.7 Å². The van der Waals surface area contributed by atoms with Crippen molar-refractivity contribution < 1.29 is 9.53 Å². The third-order valence-electron chi connectivity index (χ3n) is 5.93. The Morgan fingerprint density at radius 3 is 2.39 bits per heavy atom. The molecule has 1 amide bonds. The number of nitrogens with zero attached hydrogens (tertiary/aromatic N) is 1. The van der Waals surface area contributed by atoms with Gasteiger partial charge in [0.05, 0.1) is 5.52 Å². The lowest BCUT2D eigenvalue weighted by molar-refractivity contribution is 0.143. The van der Waals surface area contributed by atoms with Crippen LogP contribution in [0, 0.1) is 0 Å². The number of carbonyl (C=O) groups is 1. The number of pyridine rings is 1. The fraction of sp³-hybridized carbons (Fsp3) is 0.143. The molecule has 4 nitrogen and oxygen atoms in total. The maximum absolute atomic E-state index is 12.3. The van der Waals surface area contributed by atoms with E-state index in [2.05, 4.69) is 34.6 Å². The number of alkyl carbamates (subject to hydrolysis) is 1. The summed E-state index contributed by atoms with van der Waals surface area (Å²) in [7, 11) is 0. The average molecular weight is 455 g/mol. The molecule has 0 bridgehead atoms. The van der Waals surface area contributed by atoms with Crippen molar-refractivity contribution >= 4 is 34.7 Å². The summed E-state index contributed by atoms with van der Waals surface area (Å²) < 4.78 is 5.57. The molecule has 1 N–H and O–H groups in total. The third-order valence-corrected chi connectivity index (χ3v) is 6.23. The zero-order chi connectivity index (χ0) is 22.6. The lowest BCUT2D eigenvalue weighted by Crippen LogP contribution is -2.26. The maximum atomic E-state index is 12.3. The summed E-state index contributed by atoms with van der Waals surface area (Å²) in [6.45, 7) is 0.792. The van der Waals surface area contributed by atoms with Crippen molar-refractivity contribution in [2.75, 3.05) is 13.2 Å². The van der Waals surface area contributed by atoms with Gasteiger partial charge in [0.25, 0.3) is 0 Å². The summed E-state index contributed by atoms with van der Waals surface area (Å²) in [6, 6.07) is 26.5. The Balaban J connectivity index is 1.14. The number of hydrogen-bond acceptors (Lipinski definition) is 3. The molecule has 0 saturated carbocycles. The monoisotopic (exact) mass is 454 g/mol. The molecule has 0 fully saturated rings. The minimum Gasteiger partial charge on any atom is -0.449 e. The van der Waals surface area contributed by atoms with Crippen molar-refractivity contribution in [2.24, 2.45) is 0 Å². The molecule has 3 aromatic carbocycles. The summed E-state index contributed by atoms with van der Waals surface area (Å²) >= 11 is 6.29. The largest absolute Gasteiger partial charge is 0.449 e. The van der Waals surface area contributed by atoms with Crippen LogP contribution < -0.4 is 5.32 Å². The number of halogens is 1. The van der Waals surface area contributed by atoms with E-state index >= 15 is 0 Å². The van der Waals surface area contributed by atoms with Crippen molar-refractivity contribution in [2.45, 2.75) is 12.3 Å². The van der Waals surface area contributed by atoms with Crippen LogP contribution in [-0.2, 0) is 4.74 Å². The van der Waals surface area contributed by atoms with E-state index in [4.69, 9.17) is 16.3 Å². The molecule has 0 spiro atoms. The van der Waals surface area contributed by atoms with Crippen LogP contribution in [0.3, 0.4) is 0 Å². The molecule has 0 atom stereocenters. The second kappa shape index (κ2) is 9.47. The van der Waals surface area contributed by atoms with Gasteiger partial charge < -0.3 is 10.1 Å². The Kier molecular flexibility index (Phi) is 6.09. The second-order valence-corrected chi connectivity index (χ2v) is 8.36. The summed E-state index contributed by atoms with van der Waals surface area (Å²) in [5.41, 5.74) is 6.57. The number of ether oxygens (including phenoxy) is 1. The lowest BCUT2D eigenvalue weighted by Gasteiger charge is -2.14. The Hall–Kier alpha value is -3.63. The average Bonchev–Trinajstić information content (AvgIpc) is 3.16. The number of nitrogens with one attached hydrogen (secondary N) is 1. The Morgan fingerprint density at radius 1 is 0.970 bits per heavy atom. The maximum Gasteiger partial charge on any atom is 0.407 e. The van der Waals surface area contributed by atoms with E-state index < -0.39 is 6.09 Å². The number of rotatable bonds is 6. The normalized spacial score (nSPS) is 12.6. The van der Waals surface area contributed by atoms with Gasteiger partial charge in [-0.3, -0.25) is 0 Å². The van der Waals surface area contributed by atoms with Crippen molar-refractivity contribution in [3.8, 4) is 11.1 Å². The van der Waals surface area contributed by atoms with Crippen molar-refractivity contribution in [1.29, 1.82) is 0 Å². The molecule has 1 aliphatic rings. The molecule has 1 aromatic heterocycles. The molecule has 1 aliphatic carbocycles. The molecule has 1 heterocycles. The highest BCUT2D eigenvalue weighted by molar-refractivity contribution is 6.31. The number of hydrogen-bond donors (Lipinski definition) is 1. The molecule has 4 aromatic rings. The zero-order valence-corrected chi connectivity index (χ0v) is 18.8. The van der Waals surface area contributed by atoms with E-state index in [9.17, 15) is 4.79 Å². The fourth-order valence-corrected chi connectivity index (χ4v) is 4.55. The van der Waals surface area contributed by atoms with Crippen LogP contribution in [0.5, 0.6) is 0 Å². The van der Waals surface area contributed by atoms with Gasteiger partial charge in [-0.1, -0.05) is 90.5 Å². The first-order valence-corrected chi connectivity index (χ1v) is 11.4. The molecular weight excluding hydrogens is 432 g/mol. The number of aromatic nitrogens is 1. The number of para-hydroxylation sites is 1. The fourth-order valence-electron chi connectivity index (χ4n) is 4.34. The van der Waals surface area contributed by atoms with E-state index in [0.717, 1.165) is 16.5 Å². The Labute approximate surface area is 197 Å². The molecule has 5 rings (SSSR count). The first-order chi connectivity index (χ1) is 16.2. The van der Waals surface area contributed by atoms with Gasteiger partial charge >= 0.3 is 6.09 Å². The third kappa shape index (κ3) is 4.48. The highest BCUT2D eigenvalue weighted by atomic mass is 35.5. The second-order valence-electron chi connectivity index (χ2n) is 8.00. The molecule has 164 valence electrons. The zero-order valence-electron chi connectivity index (χ0n) is 18.0. The SMILES string of the molecule is O=C(NCCC=Cc1cc2ccccc2nc1Cl)OCC1c2ccccc2-c2ccccc21. The number of fused-ring (bicyclic) bond motifs is 4. The molecule has 33 heavy (non-hydrogen) atoms. The van der Waals surface area contributed by atoms with Crippen LogP contribution in [0.2, 0.25) is 5.15 Å². The van der Waals surface area contributed by atoms with E-state index in [1.165, 1.54) is 22.3 Å². The Bertz CT molecular complexity index is 1300. The van der Waals surface area contributed by atoms with Gasteiger partial charge in [-0.15, -0.1) is 0 Å². The quantitative estimate of drug-likeness (QED) is 0.256.